The van der Waals surface area contributed by atoms with E-state index < -0.39 is 0 Å². The quantitative estimate of drug-likeness (QED) is 0.269. The van der Waals surface area contributed by atoms with Crippen LogP contribution in [0.15, 0.2) is 97.2 Å². The van der Waals surface area contributed by atoms with Crippen LogP contribution in [0.1, 0.15) is 11.1 Å². The summed E-state index contributed by atoms with van der Waals surface area (Å²) in [5.41, 5.74) is 7.23. The highest BCUT2D eigenvalue weighted by molar-refractivity contribution is 6.01. The summed E-state index contributed by atoms with van der Waals surface area (Å²) in [7, 11) is 0. The number of amides is 2. The van der Waals surface area contributed by atoms with Gasteiger partial charge in [0.1, 0.15) is 11.3 Å². The molecule has 6 aromatic rings. The molecular formula is C33H31N7O. The van der Waals surface area contributed by atoms with Crippen molar-refractivity contribution in [1.29, 1.82) is 0 Å². The predicted molar refractivity (Wildman–Crippen MR) is 164 cm³/mol. The number of aromatic nitrogens is 4. The van der Waals surface area contributed by atoms with E-state index in [1.54, 1.807) is 0 Å². The maximum atomic E-state index is 13.0. The summed E-state index contributed by atoms with van der Waals surface area (Å²) in [6, 6.07) is 31.0. The SMILES string of the molecule is Cc1ccc(Cn2ncc3[nH]c(-c4ccc(N5CCN(C(=O)Nc6cccc7ccccc67)CC5)cc4)nc32)cc1. The molecule has 0 atom stereocenters. The van der Waals surface area contributed by atoms with E-state index in [1.165, 1.54) is 11.1 Å². The zero-order valence-electron chi connectivity index (χ0n) is 22.9. The maximum Gasteiger partial charge on any atom is 0.321 e. The summed E-state index contributed by atoms with van der Waals surface area (Å²) < 4.78 is 1.93. The Bertz CT molecular complexity index is 1820. The lowest BCUT2D eigenvalue weighted by molar-refractivity contribution is 0.208. The number of urea groups is 1. The minimum atomic E-state index is -0.0535. The molecule has 8 heteroatoms. The van der Waals surface area contributed by atoms with Crippen LogP contribution >= 0.6 is 0 Å². The smallest absolute Gasteiger partial charge is 0.321 e. The van der Waals surface area contributed by atoms with Gasteiger partial charge in [-0.2, -0.15) is 5.10 Å². The third-order valence-corrected chi connectivity index (χ3v) is 7.84. The van der Waals surface area contributed by atoms with Gasteiger partial charge in [0.2, 0.25) is 0 Å². The first-order valence-corrected chi connectivity index (χ1v) is 14.0. The molecule has 2 N–H and O–H groups in total. The Balaban J connectivity index is 0.990. The summed E-state index contributed by atoms with van der Waals surface area (Å²) in [5, 5.41) is 9.80. The van der Waals surface area contributed by atoms with Crippen molar-refractivity contribution in [3.8, 4) is 11.4 Å². The Hall–Kier alpha value is -5.11. The third-order valence-electron chi connectivity index (χ3n) is 7.84. The number of carbonyl (C=O) groups is 1. The fourth-order valence-electron chi connectivity index (χ4n) is 5.49. The van der Waals surface area contributed by atoms with Crippen LogP contribution in [0.5, 0.6) is 0 Å². The molecule has 2 aromatic heterocycles. The second-order valence-corrected chi connectivity index (χ2v) is 10.6. The van der Waals surface area contributed by atoms with Crippen molar-refractivity contribution >= 4 is 39.3 Å². The van der Waals surface area contributed by atoms with E-state index in [-0.39, 0.29) is 6.03 Å². The van der Waals surface area contributed by atoms with Gasteiger partial charge in [0, 0.05) is 42.8 Å². The van der Waals surface area contributed by atoms with Crippen LogP contribution in [0, 0.1) is 6.92 Å². The first kappa shape index (κ1) is 24.9. The summed E-state index contributed by atoms with van der Waals surface area (Å²) in [6.07, 6.45) is 1.84. The summed E-state index contributed by atoms with van der Waals surface area (Å²) >= 11 is 0. The molecular weight excluding hydrogens is 510 g/mol. The number of anilines is 2. The lowest BCUT2D eigenvalue weighted by Gasteiger charge is -2.36. The van der Waals surface area contributed by atoms with E-state index in [0.717, 1.165) is 57.8 Å². The average Bonchev–Trinajstić information content (AvgIpc) is 3.61. The zero-order chi connectivity index (χ0) is 27.8. The lowest BCUT2D eigenvalue weighted by Crippen LogP contribution is -2.50. The summed E-state index contributed by atoms with van der Waals surface area (Å²) in [5.74, 6) is 0.830. The molecule has 2 amide bonds. The Morgan fingerprint density at radius 1 is 0.878 bits per heavy atom. The molecule has 4 aromatic carbocycles. The summed E-state index contributed by atoms with van der Waals surface area (Å²) in [4.78, 5) is 25.5. The van der Waals surface area contributed by atoms with Gasteiger partial charge in [-0.1, -0.05) is 66.2 Å². The van der Waals surface area contributed by atoms with E-state index in [4.69, 9.17) is 4.98 Å². The number of nitrogens with one attached hydrogen (secondary N) is 2. The van der Waals surface area contributed by atoms with E-state index in [2.05, 4.69) is 87.9 Å². The molecule has 0 spiro atoms. The molecule has 3 heterocycles. The second-order valence-electron chi connectivity index (χ2n) is 10.6. The first-order valence-electron chi connectivity index (χ1n) is 14.0. The van der Waals surface area contributed by atoms with Crippen LogP contribution in [0.25, 0.3) is 33.3 Å². The monoisotopic (exact) mass is 541 g/mol. The molecule has 1 aliphatic heterocycles. The van der Waals surface area contributed by atoms with Crippen LogP contribution in [0.2, 0.25) is 0 Å². The molecule has 0 radical (unpaired) electrons. The van der Waals surface area contributed by atoms with Crippen molar-refractivity contribution in [2.24, 2.45) is 0 Å². The van der Waals surface area contributed by atoms with Crippen molar-refractivity contribution in [3.05, 3.63) is 108 Å². The number of carbonyl (C=O) groups excluding carboxylic acids is 1. The third kappa shape index (κ3) is 5.00. The molecule has 0 saturated carbocycles. The number of hydrogen-bond donors (Lipinski definition) is 2. The molecule has 1 aliphatic rings. The number of nitrogens with zero attached hydrogens (tertiary/aromatic N) is 5. The Kier molecular flexibility index (Phi) is 6.35. The fourth-order valence-corrected chi connectivity index (χ4v) is 5.49. The van der Waals surface area contributed by atoms with Crippen LogP contribution in [-0.4, -0.2) is 56.9 Å². The molecule has 0 aliphatic carbocycles. The number of H-pyrrole nitrogens is 1. The highest BCUT2D eigenvalue weighted by Crippen LogP contribution is 2.26. The van der Waals surface area contributed by atoms with Gasteiger partial charge < -0.3 is 20.1 Å². The molecule has 41 heavy (non-hydrogen) atoms. The van der Waals surface area contributed by atoms with E-state index in [1.807, 2.05) is 46.1 Å². The number of rotatable bonds is 5. The molecule has 7 rings (SSSR count). The average molecular weight is 542 g/mol. The summed E-state index contributed by atoms with van der Waals surface area (Å²) in [6.45, 7) is 5.66. The van der Waals surface area contributed by atoms with Gasteiger partial charge in [0.05, 0.1) is 18.4 Å². The van der Waals surface area contributed by atoms with Crippen LogP contribution in [0.4, 0.5) is 16.2 Å². The lowest BCUT2D eigenvalue weighted by atomic mass is 10.1. The molecule has 1 saturated heterocycles. The molecule has 1 fully saturated rings. The van der Waals surface area contributed by atoms with Crippen LogP contribution in [0.3, 0.4) is 0 Å². The van der Waals surface area contributed by atoms with E-state index in [9.17, 15) is 4.79 Å². The number of aromatic amines is 1. The Morgan fingerprint density at radius 3 is 2.44 bits per heavy atom. The first-order chi connectivity index (χ1) is 20.1. The highest BCUT2D eigenvalue weighted by atomic mass is 16.2. The van der Waals surface area contributed by atoms with E-state index >= 15 is 0 Å². The molecule has 204 valence electrons. The van der Waals surface area contributed by atoms with Crippen molar-refractivity contribution < 1.29 is 4.79 Å². The topological polar surface area (TPSA) is 82.1 Å². The Labute approximate surface area is 238 Å². The van der Waals surface area contributed by atoms with Gasteiger partial charge in [-0.15, -0.1) is 0 Å². The van der Waals surface area contributed by atoms with Crippen molar-refractivity contribution in [2.75, 3.05) is 36.4 Å². The normalized spacial score (nSPS) is 13.7. The standard InChI is InChI=1S/C33H31N7O/c1-23-9-11-24(12-10-23)22-40-32-30(21-34-40)35-31(37-32)26-13-15-27(16-14-26)38-17-19-39(20-18-38)33(41)36-29-8-4-6-25-5-2-3-7-28(25)29/h2-16,21H,17-20,22H2,1H3,(H,35,37)(H,36,41). The highest BCUT2D eigenvalue weighted by Gasteiger charge is 2.22. The zero-order valence-corrected chi connectivity index (χ0v) is 22.9. The van der Waals surface area contributed by atoms with Gasteiger partial charge in [-0.25, -0.2) is 14.5 Å². The number of imidazole rings is 1. The van der Waals surface area contributed by atoms with Crippen LogP contribution < -0.4 is 10.2 Å². The van der Waals surface area contributed by atoms with Gasteiger partial charge in [-0.3, -0.25) is 0 Å². The number of fused-ring (bicyclic) bond motifs is 2. The number of aryl methyl sites for hydroxylation is 1. The molecule has 8 nitrogen and oxygen atoms in total. The predicted octanol–water partition coefficient (Wildman–Crippen LogP) is 6.29. The molecule has 0 unspecified atom stereocenters. The number of piperazine rings is 1. The minimum absolute atomic E-state index is 0.0535. The van der Waals surface area contributed by atoms with Crippen molar-refractivity contribution in [1.82, 2.24) is 24.6 Å². The van der Waals surface area contributed by atoms with Gasteiger partial charge in [0.15, 0.2) is 5.65 Å². The number of benzene rings is 4. The van der Waals surface area contributed by atoms with E-state index in [0.29, 0.717) is 19.6 Å². The minimum Gasteiger partial charge on any atom is -0.368 e. The maximum absolute atomic E-state index is 13.0. The van der Waals surface area contributed by atoms with Gasteiger partial charge >= 0.3 is 6.03 Å². The largest absolute Gasteiger partial charge is 0.368 e. The fraction of sp³-hybridized carbons (Fsp3) is 0.182. The van der Waals surface area contributed by atoms with Gasteiger partial charge in [0.25, 0.3) is 0 Å². The van der Waals surface area contributed by atoms with Gasteiger partial charge in [-0.05, 0) is 48.2 Å². The van der Waals surface area contributed by atoms with Crippen molar-refractivity contribution in [3.63, 3.8) is 0 Å². The van der Waals surface area contributed by atoms with Crippen LogP contribution in [-0.2, 0) is 6.54 Å². The Morgan fingerprint density at radius 2 is 1.63 bits per heavy atom. The second kappa shape index (κ2) is 10.5. The number of hydrogen-bond acceptors (Lipinski definition) is 4. The molecule has 0 bridgehead atoms. The van der Waals surface area contributed by atoms with Crippen molar-refractivity contribution in [2.45, 2.75) is 13.5 Å².